The van der Waals surface area contributed by atoms with Crippen molar-refractivity contribution < 1.29 is 31.5 Å². The number of nitrogens with zero attached hydrogens (tertiary/aromatic N) is 3. The third-order valence-electron chi connectivity index (χ3n) is 5.64. The highest BCUT2D eigenvalue weighted by molar-refractivity contribution is 7.93. The number of anilines is 2. The van der Waals surface area contributed by atoms with Gasteiger partial charge in [-0.1, -0.05) is 0 Å². The zero-order chi connectivity index (χ0) is 24.2. The van der Waals surface area contributed by atoms with E-state index in [0.29, 0.717) is 11.3 Å². The first kappa shape index (κ1) is 23.0. The Morgan fingerprint density at radius 2 is 1.94 bits per heavy atom. The van der Waals surface area contributed by atoms with Gasteiger partial charge in [0, 0.05) is 11.6 Å². The van der Waals surface area contributed by atoms with Crippen LogP contribution in [0.5, 0.6) is 5.88 Å². The van der Waals surface area contributed by atoms with Gasteiger partial charge in [-0.2, -0.15) is 5.10 Å². The van der Waals surface area contributed by atoms with Crippen molar-refractivity contribution in [2.45, 2.75) is 38.2 Å². The van der Waals surface area contributed by atoms with E-state index < -0.39 is 39.7 Å². The molecule has 9 nitrogen and oxygen atoms in total. The first-order valence-electron chi connectivity index (χ1n) is 10.1. The summed E-state index contributed by atoms with van der Waals surface area (Å²) < 4.78 is 52.8. The lowest BCUT2D eigenvalue weighted by Crippen LogP contribution is -2.63. The molecule has 176 valence electrons. The zero-order valence-corrected chi connectivity index (χ0v) is 18.9. The highest BCUT2D eigenvalue weighted by Gasteiger charge is 2.47. The van der Waals surface area contributed by atoms with Crippen LogP contribution >= 0.6 is 0 Å². The van der Waals surface area contributed by atoms with Crippen molar-refractivity contribution in [1.82, 2.24) is 15.5 Å². The summed E-state index contributed by atoms with van der Waals surface area (Å²) in [5.74, 6) is -1.14. The molecule has 12 heteroatoms. The maximum absolute atomic E-state index is 13.2. The number of halogens is 2. The second-order valence-corrected chi connectivity index (χ2v) is 11.1. The molecule has 0 bridgehead atoms. The Labute approximate surface area is 189 Å². The van der Waals surface area contributed by atoms with E-state index in [1.54, 1.807) is 32.9 Å². The van der Waals surface area contributed by atoms with Gasteiger partial charge in [0.1, 0.15) is 0 Å². The van der Waals surface area contributed by atoms with E-state index in [1.165, 1.54) is 23.2 Å². The number of benzene rings is 1. The van der Waals surface area contributed by atoms with Crippen molar-refractivity contribution >= 4 is 33.0 Å². The van der Waals surface area contributed by atoms with Gasteiger partial charge in [0.2, 0.25) is 11.8 Å². The van der Waals surface area contributed by atoms with Gasteiger partial charge in [0.15, 0.2) is 16.4 Å². The lowest BCUT2D eigenvalue weighted by Gasteiger charge is -2.38. The van der Waals surface area contributed by atoms with Gasteiger partial charge in [-0.15, -0.1) is 5.10 Å². The van der Waals surface area contributed by atoms with Gasteiger partial charge in [0.25, 0.3) is 12.3 Å². The predicted molar refractivity (Wildman–Crippen MR) is 115 cm³/mol. The zero-order valence-electron chi connectivity index (χ0n) is 18.1. The number of hydrogen-bond acceptors (Lipinski definition) is 7. The van der Waals surface area contributed by atoms with Crippen LogP contribution < -0.4 is 15.0 Å². The summed E-state index contributed by atoms with van der Waals surface area (Å²) in [7, 11) is -3.13. The van der Waals surface area contributed by atoms with Gasteiger partial charge < -0.3 is 10.1 Å². The molecule has 0 unspecified atom stereocenters. The number of ether oxygens (including phenoxy) is 1. The number of rotatable bonds is 6. The van der Waals surface area contributed by atoms with Crippen molar-refractivity contribution in [3.63, 3.8) is 0 Å². The van der Waals surface area contributed by atoms with E-state index in [0.717, 1.165) is 0 Å². The molecule has 1 saturated heterocycles. The monoisotopic (exact) mass is 480 g/mol. The number of carbonyl (C=O) groups excluding carboxylic acids is 2. The predicted octanol–water partition coefficient (Wildman–Crippen LogP) is 1.99. The summed E-state index contributed by atoms with van der Waals surface area (Å²) in [6, 6.07) is 6.09. The van der Waals surface area contributed by atoms with Crippen LogP contribution in [-0.2, 0) is 20.0 Å². The van der Waals surface area contributed by atoms with Gasteiger partial charge in [-0.05, 0) is 44.5 Å². The number of carbonyl (C=O) groups is 2. The Morgan fingerprint density at radius 3 is 2.58 bits per heavy atom. The normalized spacial score (nSPS) is 19.7. The van der Waals surface area contributed by atoms with Gasteiger partial charge in [0.05, 0.1) is 40.0 Å². The largest absolute Gasteiger partial charge is 0.470 e. The molecule has 2 aliphatic rings. The molecule has 2 aliphatic heterocycles. The number of hydrogen-bond donors (Lipinski definition) is 1. The van der Waals surface area contributed by atoms with Gasteiger partial charge in [-0.3, -0.25) is 14.5 Å². The average molecular weight is 480 g/mol. The molecule has 2 aromatic rings. The molecule has 1 fully saturated rings. The summed E-state index contributed by atoms with van der Waals surface area (Å²) in [6.07, 6.45) is -1.37. The van der Waals surface area contributed by atoms with Crippen molar-refractivity contribution in [2.75, 3.05) is 23.0 Å². The molecule has 4 rings (SSSR count). The van der Waals surface area contributed by atoms with E-state index in [2.05, 4.69) is 15.5 Å². The molecule has 33 heavy (non-hydrogen) atoms. The maximum atomic E-state index is 13.2. The maximum Gasteiger partial charge on any atom is 0.272 e. The van der Waals surface area contributed by atoms with Crippen LogP contribution in [0.1, 0.15) is 36.7 Å². The quantitative estimate of drug-likeness (QED) is 0.672. The van der Waals surface area contributed by atoms with E-state index in [9.17, 15) is 26.8 Å². The summed E-state index contributed by atoms with van der Waals surface area (Å²) in [6.45, 7) is 4.22. The number of amides is 2. The lowest BCUT2D eigenvalue weighted by molar-refractivity contribution is -0.121. The van der Waals surface area contributed by atoms with Crippen molar-refractivity contribution in [2.24, 2.45) is 0 Å². The Kier molecular flexibility index (Phi) is 5.38. The molecule has 1 aromatic carbocycles. The highest BCUT2D eigenvalue weighted by atomic mass is 32.2. The van der Waals surface area contributed by atoms with Crippen LogP contribution in [0.4, 0.5) is 20.2 Å². The number of fused-ring (bicyclic) bond motifs is 1. The lowest BCUT2D eigenvalue weighted by atomic mass is 9.85. The summed E-state index contributed by atoms with van der Waals surface area (Å²) in [4.78, 5) is 27.4. The van der Waals surface area contributed by atoms with E-state index in [-0.39, 0.29) is 34.5 Å². The molecular formula is C21H22F2N4O5S. The standard InChI is InChI=1S/C21H22F2N4O5S/c1-20(2)14-6-12(18(28)25-21(3)10-33(30,31)11-21)4-5-15(14)27(19(20)29)13-7-17(26-24-8-13)32-9-16(22)23/h4-8,16H,9-11H2,1-3H3,(H,25,28). The molecule has 0 spiro atoms. The summed E-state index contributed by atoms with van der Waals surface area (Å²) in [5, 5.41) is 10.2. The highest BCUT2D eigenvalue weighted by Crippen LogP contribution is 2.45. The first-order valence-corrected chi connectivity index (χ1v) is 11.9. The smallest absolute Gasteiger partial charge is 0.272 e. The number of aromatic nitrogens is 2. The molecule has 0 atom stereocenters. The Balaban J connectivity index is 1.63. The van der Waals surface area contributed by atoms with Crippen molar-refractivity contribution in [3.05, 3.63) is 41.6 Å². The van der Waals surface area contributed by atoms with Crippen LogP contribution in [0.25, 0.3) is 0 Å². The van der Waals surface area contributed by atoms with E-state index in [4.69, 9.17) is 4.74 Å². The van der Waals surface area contributed by atoms with E-state index >= 15 is 0 Å². The fraction of sp³-hybridized carbons (Fsp3) is 0.429. The number of nitrogens with one attached hydrogen (secondary N) is 1. The SMILES string of the molecule is CC1(NC(=O)c2ccc3c(c2)C(C)(C)C(=O)N3c2cnnc(OCC(F)F)c2)CS(=O)(=O)C1. The Morgan fingerprint density at radius 1 is 1.24 bits per heavy atom. The molecule has 0 radical (unpaired) electrons. The second-order valence-electron chi connectivity index (χ2n) is 9.00. The third-order valence-corrected chi connectivity index (χ3v) is 7.79. The molecule has 0 saturated carbocycles. The molecule has 0 aliphatic carbocycles. The van der Waals surface area contributed by atoms with Crippen LogP contribution in [0.2, 0.25) is 0 Å². The number of sulfone groups is 1. The minimum atomic E-state index is -3.13. The molecule has 1 aromatic heterocycles. The molecular weight excluding hydrogens is 458 g/mol. The van der Waals surface area contributed by atoms with Crippen molar-refractivity contribution in [1.29, 1.82) is 0 Å². The van der Waals surface area contributed by atoms with Gasteiger partial charge in [-0.25, -0.2) is 17.2 Å². The third kappa shape index (κ3) is 4.26. The summed E-state index contributed by atoms with van der Waals surface area (Å²) in [5.41, 5.74) is -0.164. The van der Waals surface area contributed by atoms with Gasteiger partial charge >= 0.3 is 0 Å². The summed E-state index contributed by atoms with van der Waals surface area (Å²) >= 11 is 0. The number of alkyl halides is 2. The molecule has 1 N–H and O–H groups in total. The topological polar surface area (TPSA) is 119 Å². The van der Waals surface area contributed by atoms with Crippen molar-refractivity contribution in [3.8, 4) is 5.88 Å². The molecule has 3 heterocycles. The van der Waals surface area contributed by atoms with Crippen LogP contribution in [-0.4, -0.2) is 60.5 Å². The Bertz CT molecular complexity index is 1240. The average Bonchev–Trinajstić information content (AvgIpc) is 2.90. The first-order chi connectivity index (χ1) is 15.3. The van der Waals surface area contributed by atoms with Crippen LogP contribution in [0.15, 0.2) is 30.5 Å². The fourth-order valence-corrected chi connectivity index (χ4v) is 6.16. The minimum Gasteiger partial charge on any atom is -0.470 e. The van der Waals surface area contributed by atoms with E-state index in [1.807, 2.05) is 0 Å². The minimum absolute atomic E-state index is 0.126. The molecule has 2 amide bonds. The Hall–Kier alpha value is -3.15. The fourth-order valence-electron chi connectivity index (χ4n) is 4.16. The second kappa shape index (κ2) is 7.72. The van der Waals surface area contributed by atoms with Crippen LogP contribution in [0, 0.1) is 0 Å². The van der Waals surface area contributed by atoms with Crippen LogP contribution in [0.3, 0.4) is 0 Å².